The number of aromatic hydroxyl groups is 1. The van der Waals surface area contributed by atoms with Gasteiger partial charge in [-0.05, 0) is 71.5 Å². The van der Waals surface area contributed by atoms with Gasteiger partial charge in [0.25, 0.3) is 0 Å². The molecule has 3 rings (SSSR count). The quantitative estimate of drug-likeness (QED) is 0.741. The lowest BCUT2D eigenvalue weighted by atomic mass is 9.75. The third-order valence-electron chi connectivity index (χ3n) is 4.07. The summed E-state index contributed by atoms with van der Waals surface area (Å²) in [6.07, 6.45) is 4.43. The number of fused-ring (bicyclic) bond motifs is 2. The summed E-state index contributed by atoms with van der Waals surface area (Å²) in [5, 5.41) is 9.94. The Labute approximate surface area is 109 Å². The molecule has 2 nitrogen and oxygen atoms in total. The molecule has 1 aromatic carbocycles. The predicted molar refractivity (Wildman–Crippen MR) is 70.9 cm³/mol. The molecule has 0 atom stereocenters. The molecule has 1 aromatic rings. The van der Waals surface area contributed by atoms with Crippen molar-refractivity contribution in [3.05, 3.63) is 26.8 Å². The molecule has 2 aliphatic rings. The number of phenols is 1. The number of benzene rings is 1. The first-order valence-corrected chi connectivity index (χ1v) is 6.89. The van der Waals surface area contributed by atoms with Crippen LogP contribution >= 0.6 is 22.6 Å². The van der Waals surface area contributed by atoms with Crippen LogP contribution in [0.15, 0.2) is 12.1 Å². The molecule has 16 heavy (non-hydrogen) atoms. The molecule has 1 aliphatic carbocycles. The molecule has 1 fully saturated rings. The van der Waals surface area contributed by atoms with Crippen molar-refractivity contribution in [3.63, 3.8) is 0 Å². The van der Waals surface area contributed by atoms with Crippen molar-refractivity contribution >= 4 is 22.6 Å². The summed E-state index contributed by atoms with van der Waals surface area (Å²) < 4.78 is 6.79. The molecule has 1 saturated heterocycles. The first-order chi connectivity index (χ1) is 7.73. The lowest BCUT2D eigenvalue weighted by Gasteiger charge is -2.35. The van der Waals surface area contributed by atoms with Crippen molar-refractivity contribution in [2.75, 3.05) is 13.2 Å². The molecular formula is C13H15IO2. The van der Waals surface area contributed by atoms with Crippen molar-refractivity contribution < 1.29 is 9.84 Å². The number of hydrogen-bond acceptors (Lipinski definition) is 2. The maximum Gasteiger partial charge on any atom is 0.119 e. The second-order valence-corrected chi connectivity index (χ2v) is 5.97. The van der Waals surface area contributed by atoms with E-state index < -0.39 is 0 Å². The molecule has 0 aromatic heterocycles. The van der Waals surface area contributed by atoms with Gasteiger partial charge in [0.2, 0.25) is 0 Å². The number of ether oxygens (including phenoxy) is 1. The maximum absolute atomic E-state index is 9.94. The maximum atomic E-state index is 9.94. The number of rotatable bonds is 0. The molecule has 86 valence electrons. The molecular weight excluding hydrogens is 315 g/mol. The fourth-order valence-corrected chi connectivity index (χ4v) is 4.26. The van der Waals surface area contributed by atoms with Gasteiger partial charge in [0, 0.05) is 22.2 Å². The first kappa shape index (κ1) is 10.8. The van der Waals surface area contributed by atoms with E-state index in [0.29, 0.717) is 11.2 Å². The molecule has 0 saturated carbocycles. The SMILES string of the molecule is Oc1ccc(I)c2c1CCC21CCOCC1. The van der Waals surface area contributed by atoms with Crippen molar-refractivity contribution in [2.45, 2.75) is 31.1 Å². The van der Waals surface area contributed by atoms with Crippen molar-refractivity contribution in [2.24, 2.45) is 0 Å². The summed E-state index contributed by atoms with van der Waals surface area (Å²) in [6.45, 7) is 1.73. The van der Waals surface area contributed by atoms with Gasteiger partial charge in [-0.1, -0.05) is 0 Å². The van der Waals surface area contributed by atoms with E-state index in [1.54, 1.807) is 0 Å². The average Bonchev–Trinajstić information content (AvgIpc) is 2.66. The summed E-state index contributed by atoms with van der Waals surface area (Å²) in [7, 11) is 0. The largest absolute Gasteiger partial charge is 0.508 e. The van der Waals surface area contributed by atoms with E-state index in [1.807, 2.05) is 12.1 Å². The van der Waals surface area contributed by atoms with E-state index in [0.717, 1.165) is 32.5 Å². The Bertz CT molecular complexity index is 422. The van der Waals surface area contributed by atoms with Gasteiger partial charge in [-0.2, -0.15) is 0 Å². The van der Waals surface area contributed by atoms with Gasteiger partial charge in [0.05, 0.1) is 0 Å². The standard InChI is InChI=1S/C13H15IO2/c14-10-1-2-11(15)9-3-4-13(12(9)10)5-7-16-8-6-13/h1-2,15H,3-8H2. The fraction of sp³-hybridized carbons (Fsp3) is 0.538. The molecule has 1 heterocycles. The summed E-state index contributed by atoms with van der Waals surface area (Å²) in [5.74, 6) is 0.485. The minimum Gasteiger partial charge on any atom is -0.508 e. The van der Waals surface area contributed by atoms with Crippen LogP contribution in [0, 0.1) is 3.57 Å². The third-order valence-corrected chi connectivity index (χ3v) is 4.97. The van der Waals surface area contributed by atoms with E-state index in [9.17, 15) is 5.11 Å². The lowest BCUT2D eigenvalue weighted by Crippen LogP contribution is -2.32. The highest BCUT2D eigenvalue weighted by Gasteiger charge is 2.42. The van der Waals surface area contributed by atoms with E-state index >= 15 is 0 Å². The molecule has 0 radical (unpaired) electrons. The molecule has 1 spiro atoms. The van der Waals surface area contributed by atoms with Crippen molar-refractivity contribution in [1.82, 2.24) is 0 Å². The van der Waals surface area contributed by atoms with Crippen LogP contribution in [-0.2, 0) is 16.6 Å². The van der Waals surface area contributed by atoms with Crippen LogP contribution in [0.3, 0.4) is 0 Å². The Morgan fingerprint density at radius 1 is 1.19 bits per heavy atom. The predicted octanol–water partition coefficient (Wildman–Crippen LogP) is 2.99. The van der Waals surface area contributed by atoms with Crippen LogP contribution in [0.5, 0.6) is 5.75 Å². The summed E-state index contributed by atoms with van der Waals surface area (Å²) in [6, 6.07) is 3.87. The van der Waals surface area contributed by atoms with Crippen molar-refractivity contribution in [3.8, 4) is 5.75 Å². The second-order valence-electron chi connectivity index (χ2n) is 4.81. The highest BCUT2D eigenvalue weighted by atomic mass is 127. The number of hydrogen-bond donors (Lipinski definition) is 1. The van der Waals surface area contributed by atoms with Gasteiger partial charge in [0.1, 0.15) is 5.75 Å². The monoisotopic (exact) mass is 330 g/mol. The highest BCUT2D eigenvalue weighted by molar-refractivity contribution is 14.1. The van der Waals surface area contributed by atoms with E-state index in [4.69, 9.17) is 4.74 Å². The summed E-state index contributed by atoms with van der Waals surface area (Å²) >= 11 is 2.40. The van der Waals surface area contributed by atoms with Gasteiger partial charge in [0.15, 0.2) is 0 Å². The molecule has 3 heteroatoms. The van der Waals surface area contributed by atoms with Crippen LogP contribution < -0.4 is 0 Å². The summed E-state index contributed by atoms with van der Waals surface area (Å²) in [5.41, 5.74) is 2.90. The van der Waals surface area contributed by atoms with Crippen LogP contribution in [0.4, 0.5) is 0 Å². The molecule has 1 aliphatic heterocycles. The zero-order valence-electron chi connectivity index (χ0n) is 9.13. The zero-order chi connectivity index (χ0) is 11.2. The number of phenolic OH excluding ortho intramolecular Hbond substituents is 1. The molecule has 1 N–H and O–H groups in total. The Balaban J connectivity index is 2.13. The van der Waals surface area contributed by atoms with Gasteiger partial charge in [-0.25, -0.2) is 0 Å². The van der Waals surface area contributed by atoms with Crippen LogP contribution in [-0.4, -0.2) is 18.3 Å². The van der Waals surface area contributed by atoms with Crippen LogP contribution in [0.2, 0.25) is 0 Å². The highest BCUT2D eigenvalue weighted by Crippen LogP contribution is 2.49. The lowest BCUT2D eigenvalue weighted by molar-refractivity contribution is 0.0504. The van der Waals surface area contributed by atoms with E-state index in [2.05, 4.69) is 22.6 Å². The minimum absolute atomic E-state index is 0.294. The zero-order valence-corrected chi connectivity index (χ0v) is 11.3. The Morgan fingerprint density at radius 3 is 2.69 bits per heavy atom. The minimum atomic E-state index is 0.294. The van der Waals surface area contributed by atoms with Crippen LogP contribution in [0.25, 0.3) is 0 Å². The summed E-state index contributed by atoms with van der Waals surface area (Å²) in [4.78, 5) is 0. The first-order valence-electron chi connectivity index (χ1n) is 5.81. The van der Waals surface area contributed by atoms with Crippen molar-refractivity contribution in [1.29, 1.82) is 0 Å². The van der Waals surface area contributed by atoms with E-state index in [-0.39, 0.29) is 0 Å². The Kier molecular flexibility index (Phi) is 2.63. The number of halogens is 1. The molecule has 0 bridgehead atoms. The second kappa shape index (κ2) is 3.88. The third kappa shape index (κ3) is 1.48. The topological polar surface area (TPSA) is 29.5 Å². The average molecular weight is 330 g/mol. The fourth-order valence-electron chi connectivity index (χ4n) is 3.19. The smallest absolute Gasteiger partial charge is 0.119 e. The van der Waals surface area contributed by atoms with Crippen LogP contribution in [0.1, 0.15) is 30.4 Å². The normalized spacial score (nSPS) is 22.3. The van der Waals surface area contributed by atoms with Gasteiger partial charge in [-0.3, -0.25) is 0 Å². The van der Waals surface area contributed by atoms with Gasteiger partial charge in [-0.15, -0.1) is 0 Å². The van der Waals surface area contributed by atoms with Gasteiger partial charge < -0.3 is 9.84 Å². The Morgan fingerprint density at radius 2 is 1.94 bits per heavy atom. The molecule has 0 amide bonds. The molecule has 0 unspecified atom stereocenters. The van der Waals surface area contributed by atoms with E-state index in [1.165, 1.54) is 21.1 Å². The van der Waals surface area contributed by atoms with Gasteiger partial charge >= 0.3 is 0 Å². The Hall–Kier alpha value is -0.290.